The molecular weight excluding hydrogens is 413 g/mol. The van der Waals surface area contributed by atoms with Crippen LogP contribution in [0.2, 0.25) is 0 Å². The van der Waals surface area contributed by atoms with Crippen LogP contribution < -0.4 is 15.5 Å². The maximum atomic E-state index is 11.9. The number of hydrogen-bond donors (Lipinski definition) is 1. The highest BCUT2D eigenvalue weighted by Gasteiger charge is 2.17. The lowest BCUT2D eigenvalue weighted by Gasteiger charge is -2.09. The summed E-state index contributed by atoms with van der Waals surface area (Å²) in [5.74, 6) is -1.31. The Bertz CT molecular complexity index is 792. The molecule has 0 spiro atoms. The summed E-state index contributed by atoms with van der Waals surface area (Å²) < 4.78 is 10.5. The van der Waals surface area contributed by atoms with Crippen molar-refractivity contribution in [1.29, 1.82) is 0 Å². The summed E-state index contributed by atoms with van der Waals surface area (Å²) in [6.07, 6.45) is 0. The zero-order valence-corrected chi connectivity index (χ0v) is 14.2. The predicted molar refractivity (Wildman–Crippen MR) is 92.6 cm³/mol. The Labute approximate surface area is 145 Å². The molecule has 2 aromatic carbocycles. The molecule has 7 heteroatoms. The zero-order chi connectivity index (χ0) is 16.8. The van der Waals surface area contributed by atoms with E-state index in [2.05, 4.69) is 10.1 Å². The van der Waals surface area contributed by atoms with Crippen LogP contribution in [-0.2, 0) is 14.3 Å². The van der Waals surface area contributed by atoms with Gasteiger partial charge in [0.15, 0.2) is 11.2 Å². The average molecular weight is 425 g/mol. The molecule has 0 bridgehead atoms. The van der Waals surface area contributed by atoms with Gasteiger partial charge in [0.25, 0.3) is 0 Å². The fraction of sp³-hybridized carbons (Fsp3) is 0.0625. The molecule has 2 aromatic rings. The summed E-state index contributed by atoms with van der Waals surface area (Å²) in [6, 6.07) is 13.2. The van der Waals surface area contributed by atoms with Crippen molar-refractivity contribution in [3.8, 4) is 11.5 Å². The highest BCUT2D eigenvalue weighted by molar-refractivity contribution is 14.1. The van der Waals surface area contributed by atoms with Crippen molar-refractivity contribution in [3.63, 3.8) is 0 Å². The SMILES string of the molecule is COC(=O)C(=O)Nc1cc(=O)c(I)ccc1Oc1ccccc1. The minimum absolute atomic E-state index is 0.0807. The Hall–Kier alpha value is -2.42. The summed E-state index contributed by atoms with van der Waals surface area (Å²) in [4.78, 5) is 34.9. The standard InChI is InChI=1S/C16H12INO5/c1-22-16(21)15(20)18-12-9-13(19)11(17)7-8-14(12)23-10-5-3-2-4-6-10/h2-9H,1H3,(H,18,20). The van der Waals surface area contributed by atoms with E-state index in [0.29, 0.717) is 9.32 Å². The fourth-order valence-corrected chi connectivity index (χ4v) is 2.00. The maximum absolute atomic E-state index is 11.9. The second-order valence-electron chi connectivity index (χ2n) is 4.33. The first-order chi connectivity index (χ1) is 11.0. The molecule has 23 heavy (non-hydrogen) atoms. The monoisotopic (exact) mass is 425 g/mol. The summed E-state index contributed by atoms with van der Waals surface area (Å²) >= 11 is 1.88. The van der Waals surface area contributed by atoms with Crippen molar-refractivity contribution in [1.82, 2.24) is 0 Å². The number of benzene rings is 1. The average Bonchev–Trinajstić information content (AvgIpc) is 2.68. The maximum Gasteiger partial charge on any atom is 0.396 e. The number of anilines is 1. The Balaban J connectivity index is 2.44. The molecule has 0 radical (unpaired) electrons. The van der Waals surface area contributed by atoms with Gasteiger partial charge in [0.05, 0.1) is 16.4 Å². The van der Waals surface area contributed by atoms with Crippen LogP contribution in [-0.4, -0.2) is 19.0 Å². The minimum atomic E-state index is -1.07. The highest BCUT2D eigenvalue weighted by atomic mass is 127. The van der Waals surface area contributed by atoms with Gasteiger partial charge in [0.2, 0.25) is 0 Å². The van der Waals surface area contributed by atoms with E-state index < -0.39 is 11.9 Å². The van der Waals surface area contributed by atoms with Gasteiger partial charge in [-0.15, -0.1) is 0 Å². The number of rotatable bonds is 3. The van der Waals surface area contributed by atoms with Crippen LogP contribution in [0.3, 0.4) is 0 Å². The van der Waals surface area contributed by atoms with E-state index in [1.54, 1.807) is 36.4 Å². The molecule has 0 heterocycles. The lowest BCUT2D eigenvalue weighted by Crippen LogP contribution is -2.24. The highest BCUT2D eigenvalue weighted by Crippen LogP contribution is 2.28. The fourth-order valence-electron chi connectivity index (χ4n) is 1.66. The number of halogens is 1. The number of carbonyl (C=O) groups excluding carboxylic acids is 2. The molecule has 0 fully saturated rings. The van der Waals surface area contributed by atoms with Crippen molar-refractivity contribution in [2.45, 2.75) is 0 Å². The summed E-state index contributed by atoms with van der Waals surface area (Å²) in [5, 5.41) is 2.33. The topological polar surface area (TPSA) is 81.7 Å². The first kappa shape index (κ1) is 16.9. The minimum Gasteiger partial charge on any atom is -0.462 e. The Morgan fingerprint density at radius 1 is 1.09 bits per heavy atom. The first-order valence-electron chi connectivity index (χ1n) is 6.47. The molecule has 0 atom stereocenters. The second kappa shape index (κ2) is 7.73. The number of hydrogen-bond acceptors (Lipinski definition) is 5. The molecule has 1 amide bonds. The zero-order valence-electron chi connectivity index (χ0n) is 12.0. The molecule has 118 valence electrons. The summed E-state index contributed by atoms with van der Waals surface area (Å²) in [6.45, 7) is 0. The molecule has 0 aliphatic heterocycles. The number of esters is 1. The van der Waals surface area contributed by atoms with E-state index in [9.17, 15) is 14.4 Å². The normalized spacial score (nSPS) is 9.83. The lowest BCUT2D eigenvalue weighted by atomic mass is 10.3. The molecule has 0 saturated carbocycles. The molecule has 0 unspecified atom stereocenters. The molecule has 0 aromatic heterocycles. The molecule has 2 rings (SSSR count). The quantitative estimate of drug-likeness (QED) is 0.465. The molecular formula is C16H12INO5. The third-order valence-electron chi connectivity index (χ3n) is 2.75. The lowest BCUT2D eigenvalue weighted by molar-refractivity contribution is -0.150. The molecule has 0 aliphatic rings. The number of para-hydroxylation sites is 1. The van der Waals surface area contributed by atoms with Crippen molar-refractivity contribution in [3.05, 3.63) is 62.3 Å². The van der Waals surface area contributed by atoms with Crippen molar-refractivity contribution < 1.29 is 19.1 Å². The van der Waals surface area contributed by atoms with Crippen LogP contribution in [0.4, 0.5) is 5.69 Å². The van der Waals surface area contributed by atoms with Crippen LogP contribution >= 0.6 is 22.6 Å². The van der Waals surface area contributed by atoms with Crippen LogP contribution in [0.1, 0.15) is 0 Å². The number of nitrogens with one attached hydrogen (secondary N) is 1. The molecule has 6 nitrogen and oxygen atoms in total. The van der Waals surface area contributed by atoms with E-state index in [-0.39, 0.29) is 16.9 Å². The Kier molecular flexibility index (Phi) is 5.69. The van der Waals surface area contributed by atoms with Crippen molar-refractivity contribution in [2.24, 2.45) is 0 Å². The van der Waals surface area contributed by atoms with Crippen LogP contribution in [0, 0.1) is 3.57 Å². The van der Waals surface area contributed by atoms with Crippen molar-refractivity contribution >= 4 is 40.2 Å². The van der Waals surface area contributed by atoms with Gasteiger partial charge in [-0.3, -0.25) is 9.59 Å². The third-order valence-corrected chi connectivity index (χ3v) is 3.64. The van der Waals surface area contributed by atoms with E-state index in [4.69, 9.17) is 4.74 Å². The molecule has 0 aliphatic carbocycles. The first-order valence-corrected chi connectivity index (χ1v) is 7.55. The van der Waals surface area contributed by atoms with Crippen LogP contribution in [0.15, 0.2) is 53.3 Å². The second-order valence-corrected chi connectivity index (χ2v) is 5.49. The van der Waals surface area contributed by atoms with Gasteiger partial charge in [-0.25, -0.2) is 4.79 Å². The molecule has 1 N–H and O–H groups in total. The van der Waals surface area contributed by atoms with Gasteiger partial charge in [-0.05, 0) is 46.9 Å². The van der Waals surface area contributed by atoms with E-state index in [1.165, 1.54) is 6.07 Å². The number of amides is 1. The van der Waals surface area contributed by atoms with Crippen LogP contribution in [0.25, 0.3) is 0 Å². The Morgan fingerprint density at radius 2 is 1.78 bits per heavy atom. The number of carbonyl (C=O) groups is 2. The van der Waals surface area contributed by atoms with Gasteiger partial charge in [0, 0.05) is 6.07 Å². The predicted octanol–water partition coefficient (Wildman–Crippen LogP) is 2.56. The van der Waals surface area contributed by atoms with Crippen molar-refractivity contribution in [2.75, 3.05) is 12.4 Å². The van der Waals surface area contributed by atoms with E-state index >= 15 is 0 Å². The summed E-state index contributed by atoms with van der Waals surface area (Å²) in [7, 11) is 1.09. The van der Waals surface area contributed by atoms with Gasteiger partial charge >= 0.3 is 11.9 Å². The molecule has 0 saturated heterocycles. The summed E-state index contributed by atoms with van der Waals surface area (Å²) in [5.41, 5.74) is -0.231. The number of methoxy groups -OCH3 is 1. The van der Waals surface area contributed by atoms with E-state index in [0.717, 1.165) is 7.11 Å². The van der Waals surface area contributed by atoms with Gasteiger partial charge in [0.1, 0.15) is 5.75 Å². The number of ether oxygens (including phenoxy) is 2. The smallest absolute Gasteiger partial charge is 0.396 e. The van der Waals surface area contributed by atoms with Gasteiger partial charge < -0.3 is 14.8 Å². The van der Waals surface area contributed by atoms with Crippen LogP contribution in [0.5, 0.6) is 11.5 Å². The van der Waals surface area contributed by atoms with E-state index in [1.807, 2.05) is 28.7 Å². The van der Waals surface area contributed by atoms with Gasteiger partial charge in [-0.1, -0.05) is 18.2 Å². The van der Waals surface area contributed by atoms with Gasteiger partial charge in [-0.2, -0.15) is 0 Å². The Morgan fingerprint density at radius 3 is 2.43 bits per heavy atom. The third kappa shape index (κ3) is 4.52. The largest absolute Gasteiger partial charge is 0.462 e.